The number of benzene rings is 5. The monoisotopic (exact) mass is 543 g/mol. The van der Waals surface area contributed by atoms with Crippen LogP contribution < -0.4 is 9.91 Å². The van der Waals surface area contributed by atoms with Crippen LogP contribution in [0.1, 0.15) is 28.4 Å². The van der Waals surface area contributed by atoms with Gasteiger partial charge in [0.2, 0.25) is 0 Å². The van der Waals surface area contributed by atoms with E-state index in [1.807, 2.05) is 17.8 Å². The number of hydrogen-bond acceptors (Lipinski definition) is 4. The van der Waals surface area contributed by atoms with Crippen molar-refractivity contribution in [2.75, 3.05) is 9.91 Å². The van der Waals surface area contributed by atoms with Crippen molar-refractivity contribution in [3.63, 3.8) is 0 Å². The second-order valence-corrected chi connectivity index (χ2v) is 11.5. The van der Waals surface area contributed by atoms with Gasteiger partial charge >= 0.3 is 0 Å². The Morgan fingerprint density at radius 2 is 1.38 bits per heavy atom. The molecule has 2 unspecified atom stereocenters. The van der Waals surface area contributed by atoms with Crippen molar-refractivity contribution in [3.8, 4) is 0 Å². The number of hydrogen-bond donors (Lipinski definition) is 0. The first-order valence-corrected chi connectivity index (χ1v) is 14.4. The molecule has 5 aromatic carbocycles. The minimum Gasteiger partial charge on any atom is -0.294 e. The van der Waals surface area contributed by atoms with E-state index in [1.54, 1.807) is 0 Å². The molecule has 0 saturated carbocycles. The molecule has 0 N–H and O–H groups in total. The first-order valence-electron chi connectivity index (χ1n) is 13.1. The van der Waals surface area contributed by atoms with E-state index in [1.165, 1.54) is 16.0 Å². The first kappa shape index (κ1) is 24.1. The molecule has 0 spiro atoms. The van der Waals surface area contributed by atoms with Crippen LogP contribution in [-0.4, -0.2) is 5.84 Å². The highest BCUT2D eigenvalue weighted by atomic mass is 35.5. The van der Waals surface area contributed by atoms with Crippen LogP contribution in [-0.2, 0) is 5.66 Å². The lowest BCUT2D eigenvalue weighted by Crippen LogP contribution is -2.54. The Morgan fingerprint density at radius 3 is 2.13 bits per heavy atom. The van der Waals surface area contributed by atoms with Gasteiger partial charge < -0.3 is 0 Å². The van der Waals surface area contributed by atoms with Gasteiger partial charge in [-0.1, -0.05) is 115 Å². The van der Waals surface area contributed by atoms with Gasteiger partial charge in [0.1, 0.15) is 0 Å². The van der Waals surface area contributed by atoms with E-state index in [9.17, 15) is 0 Å². The molecule has 2 heterocycles. The summed E-state index contributed by atoms with van der Waals surface area (Å²) in [6.45, 7) is 0. The summed E-state index contributed by atoms with van der Waals surface area (Å²) in [6.07, 6.45) is 0.783. The van der Waals surface area contributed by atoms with Crippen molar-refractivity contribution in [3.05, 3.63) is 161 Å². The molecule has 0 bridgehead atoms. The number of rotatable bonds is 4. The molecule has 5 heteroatoms. The Balaban J connectivity index is 1.55. The lowest BCUT2D eigenvalue weighted by Gasteiger charge is -2.45. The summed E-state index contributed by atoms with van der Waals surface area (Å²) < 4.78 is 0. The largest absolute Gasteiger partial charge is 0.294 e. The molecule has 190 valence electrons. The van der Waals surface area contributed by atoms with E-state index in [2.05, 4.69) is 143 Å². The maximum absolute atomic E-state index is 6.54. The minimum absolute atomic E-state index is 0.131. The average Bonchev–Trinajstić information content (AvgIpc) is 3.25. The zero-order valence-electron chi connectivity index (χ0n) is 21.2. The Kier molecular flexibility index (Phi) is 6.15. The minimum atomic E-state index is -0.625. The third-order valence-electron chi connectivity index (χ3n) is 7.46. The second kappa shape index (κ2) is 9.96. The molecule has 0 aromatic heterocycles. The van der Waals surface area contributed by atoms with Crippen LogP contribution in [0.25, 0.3) is 0 Å². The molecular formula is C34H26ClN3S. The van der Waals surface area contributed by atoms with E-state index in [-0.39, 0.29) is 5.25 Å². The topological polar surface area (TPSA) is 18.8 Å². The molecule has 0 radical (unpaired) electrons. The molecule has 0 saturated heterocycles. The highest BCUT2D eigenvalue weighted by Crippen LogP contribution is 2.57. The third kappa shape index (κ3) is 4.12. The first-order chi connectivity index (χ1) is 19.2. The number of fused-ring (bicyclic) bond motifs is 3. The molecule has 39 heavy (non-hydrogen) atoms. The van der Waals surface area contributed by atoms with Crippen LogP contribution in [0.4, 0.5) is 11.4 Å². The summed E-state index contributed by atoms with van der Waals surface area (Å²) in [5.41, 5.74) is 5.05. The smallest absolute Gasteiger partial charge is 0.167 e. The van der Waals surface area contributed by atoms with Gasteiger partial charge in [-0.2, -0.15) is 5.10 Å². The fourth-order valence-corrected chi connectivity index (χ4v) is 7.30. The summed E-state index contributed by atoms with van der Waals surface area (Å²) in [7, 11) is 0. The van der Waals surface area contributed by atoms with E-state index < -0.39 is 5.66 Å². The van der Waals surface area contributed by atoms with E-state index in [0.717, 1.165) is 34.2 Å². The zero-order valence-corrected chi connectivity index (χ0v) is 22.8. The summed E-state index contributed by atoms with van der Waals surface area (Å²) >= 11 is 8.45. The maximum atomic E-state index is 6.54. The second-order valence-electron chi connectivity index (χ2n) is 9.79. The SMILES string of the molecule is Clc1cccc(C2CC3(c4ccccc4)N(c4ccccc4)N=C(c4ccccc4)N3c3ccccc3S2)c1. The van der Waals surface area contributed by atoms with E-state index >= 15 is 0 Å². The molecular weight excluding hydrogens is 518 g/mol. The van der Waals surface area contributed by atoms with Gasteiger partial charge in [-0.05, 0) is 42.0 Å². The van der Waals surface area contributed by atoms with Crippen molar-refractivity contribution in [1.29, 1.82) is 0 Å². The van der Waals surface area contributed by atoms with Crippen LogP contribution >= 0.6 is 23.4 Å². The molecule has 0 amide bonds. The lowest BCUT2D eigenvalue weighted by atomic mass is 9.88. The third-order valence-corrected chi connectivity index (χ3v) is 9.02. The number of nitrogens with zero attached hydrogens (tertiary/aromatic N) is 3. The highest BCUT2D eigenvalue weighted by molar-refractivity contribution is 7.99. The quantitative estimate of drug-likeness (QED) is 0.225. The molecule has 2 aliphatic heterocycles. The molecule has 2 aliphatic rings. The number of para-hydroxylation sites is 2. The van der Waals surface area contributed by atoms with Gasteiger partial charge in [0.15, 0.2) is 11.5 Å². The van der Waals surface area contributed by atoms with Crippen LogP contribution in [0.2, 0.25) is 5.02 Å². The van der Waals surface area contributed by atoms with Crippen LogP contribution in [0.5, 0.6) is 0 Å². The maximum Gasteiger partial charge on any atom is 0.167 e. The summed E-state index contributed by atoms with van der Waals surface area (Å²) in [5.74, 6) is 0.933. The van der Waals surface area contributed by atoms with Crippen molar-refractivity contribution in [1.82, 2.24) is 0 Å². The average molecular weight is 544 g/mol. The fraction of sp³-hybridized carbons (Fsp3) is 0.0882. The van der Waals surface area contributed by atoms with Crippen molar-refractivity contribution in [2.24, 2.45) is 5.10 Å². The molecule has 0 aliphatic carbocycles. The fourth-order valence-electron chi connectivity index (χ4n) is 5.76. The standard InChI is InChI=1S/C34H26ClN3S/c35-28-18-12-15-26(23-28)32-24-34(27-16-6-2-7-17-27)37(30-21-10-11-22-31(30)39-32)33(25-13-4-1-5-14-25)36-38(34)29-19-8-3-9-20-29/h1-23,32H,24H2. The van der Waals surface area contributed by atoms with Crippen LogP contribution in [0.15, 0.2) is 150 Å². The van der Waals surface area contributed by atoms with Crippen molar-refractivity contribution < 1.29 is 0 Å². The summed E-state index contributed by atoms with van der Waals surface area (Å²) in [6, 6.07) is 48.9. The van der Waals surface area contributed by atoms with Gasteiger partial charge in [-0.15, -0.1) is 11.8 Å². The predicted octanol–water partition coefficient (Wildman–Crippen LogP) is 9.12. The van der Waals surface area contributed by atoms with Gasteiger partial charge in [-0.3, -0.25) is 4.90 Å². The number of thioether (sulfide) groups is 1. The number of anilines is 2. The molecule has 3 nitrogen and oxygen atoms in total. The Morgan fingerprint density at radius 1 is 0.718 bits per heavy atom. The molecule has 5 aromatic rings. The normalized spacial score (nSPS) is 20.1. The van der Waals surface area contributed by atoms with Crippen LogP contribution in [0, 0.1) is 0 Å². The number of amidine groups is 1. The van der Waals surface area contributed by atoms with Crippen molar-refractivity contribution >= 4 is 40.6 Å². The number of halogens is 1. The van der Waals surface area contributed by atoms with Crippen molar-refractivity contribution in [2.45, 2.75) is 22.2 Å². The van der Waals surface area contributed by atoms with Gasteiger partial charge in [0.05, 0.1) is 11.4 Å². The van der Waals surface area contributed by atoms with E-state index in [4.69, 9.17) is 16.7 Å². The lowest BCUT2D eigenvalue weighted by molar-refractivity contribution is 0.407. The Labute approximate surface area is 238 Å². The highest BCUT2D eigenvalue weighted by Gasteiger charge is 2.55. The van der Waals surface area contributed by atoms with Gasteiger partial charge in [-0.25, -0.2) is 5.01 Å². The Hall–Kier alpha value is -3.99. The van der Waals surface area contributed by atoms with E-state index in [0.29, 0.717) is 0 Å². The molecule has 7 rings (SSSR count). The zero-order chi connectivity index (χ0) is 26.2. The molecule has 2 atom stereocenters. The summed E-state index contributed by atoms with van der Waals surface area (Å²) in [5, 5.41) is 8.57. The van der Waals surface area contributed by atoms with Gasteiger partial charge in [0, 0.05) is 32.7 Å². The van der Waals surface area contributed by atoms with Gasteiger partial charge in [0.25, 0.3) is 0 Å². The van der Waals surface area contributed by atoms with Crippen LogP contribution in [0.3, 0.4) is 0 Å². The molecule has 0 fully saturated rings. The number of hydrazone groups is 1. The summed E-state index contributed by atoms with van der Waals surface area (Å²) in [4.78, 5) is 3.69. The Bertz CT molecular complexity index is 1640. The predicted molar refractivity (Wildman–Crippen MR) is 164 cm³/mol.